The van der Waals surface area contributed by atoms with Gasteiger partial charge in [0, 0.05) is 19.1 Å². The Morgan fingerprint density at radius 2 is 2.41 bits per heavy atom. The first-order valence-corrected chi connectivity index (χ1v) is 5.93. The molecule has 0 aliphatic carbocycles. The van der Waals surface area contributed by atoms with Crippen LogP contribution >= 0.6 is 0 Å². The molecule has 2 heterocycles. The van der Waals surface area contributed by atoms with Crippen molar-refractivity contribution in [1.29, 1.82) is 0 Å². The highest BCUT2D eigenvalue weighted by Gasteiger charge is 2.35. The summed E-state index contributed by atoms with van der Waals surface area (Å²) < 4.78 is 5.44. The maximum Gasteiger partial charge on any atom is 0.237 e. The topological polar surface area (TPSA) is 71.5 Å². The van der Waals surface area contributed by atoms with Gasteiger partial charge in [-0.3, -0.25) is 9.69 Å². The van der Waals surface area contributed by atoms with Gasteiger partial charge in [-0.25, -0.2) is 0 Å². The molecule has 3 N–H and O–H groups in total. The van der Waals surface area contributed by atoms with Crippen LogP contribution in [0, 0.1) is 0 Å². The average Bonchev–Trinajstić information content (AvgIpc) is 2.77. The number of carbonyl (C=O) groups excluding carboxylic acids is 1. The smallest absolute Gasteiger partial charge is 0.237 e. The average molecular weight is 237 g/mol. The SMILES string of the molecule is CC(N)C(c1ccco1)N1CCNC(=O)C1C. The third-order valence-electron chi connectivity index (χ3n) is 3.24. The normalized spacial score (nSPS) is 25.4. The Kier molecular flexibility index (Phi) is 3.49. The number of nitrogens with two attached hydrogens (primary N) is 1. The lowest BCUT2D eigenvalue weighted by Gasteiger charge is -2.39. The molecule has 0 saturated carbocycles. The summed E-state index contributed by atoms with van der Waals surface area (Å²) in [7, 11) is 0. The fourth-order valence-corrected chi connectivity index (χ4v) is 2.36. The van der Waals surface area contributed by atoms with Crippen molar-refractivity contribution in [3.63, 3.8) is 0 Å². The molecule has 3 unspecified atom stereocenters. The highest BCUT2D eigenvalue weighted by Crippen LogP contribution is 2.26. The molecule has 0 aromatic carbocycles. The number of carbonyl (C=O) groups is 1. The highest BCUT2D eigenvalue weighted by atomic mass is 16.3. The second-order valence-corrected chi connectivity index (χ2v) is 4.52. The number of hydrogen-bond donors (Lipinski definition) is 2. The number of rotatable bonds is 3. The summed E-state index contributed by atoms with van der Waals surface area (Å²) in [5, 5.41) is 2.85. The van der Waals surface area contributed by atoms with Crippen LogP contribution in [0.25, 0.3) is 0 Å². The van der Waals surface area contributed by atoms with Crippen LogP contribution in [-0.4, -0.2) is 36.0 Å². The molecule has 17 heavy (non-hydrogen) atoms. The molecule has 3 atom stereocenters. The molecule has 1 aromatic heterocycles. The molecule has 1 aliphatic heterocycles. The molecule has 94 valence electrons. The number of hydrogen-bond acceptors (Lipinski definition) is 4. The Bertz CT molecular complexity index is 375. The minimum absolute atomic E-state index is 0.0495. The first-order chi connectivity index (χ1) is 8.11. The van der Waals surface area contributed by atoms with Gasteiger partial charge in [-0.2, -0.15) is 0 Å². The van der Waals surface area contributed by atoms with E-state index in [0.29, 0.717) is 6.54 Å². The van der Waals surface area contributed by atoms with E-state index in [1.165, 1.54) is 0 Å². The van der Waals surface area contributed by atoms with Crippen molar-refractivity contribution in [3.8, 4) is 0 Å². The summed E-state index contributed by atoms with van der Waals surface area (Å²) in [6, 6.07) is 3.44. The summed E-state index contributed by atoms with van der Waals surface area (Å²) in [6.07, 6.45) is 1.64. The minimum Gasteiger partial charge on any atom is -0.468 e. The Morgan fingerprint density at radius 3 is 3.00 bits per heavy atom. The zero-order chi connectivity index (χ0) is 12.4. The van der Waals surface area contributed by atoms with Crippen LogP contribution in [0.5, 0.6) is 0 Å². The summed E-state index contributed by atoms with van der Waals surface area (Å²) >= 11 is 0. The molecule has 1 amide bonds. The molecule has 0 spiro atoms. The van der Waals surface area contributed by atoms with Crippen molar-refractivity contribution in [2.24, 2.45) is 5.73 Å². The fraction of sp³-hybridized carbons (Fsp3) is 0.583. The quantitative estimate of drug-likeness (QED) is 0.802. The third-order valence-corrected chi connectivity index (χ3v) is 3.24. The predicted molar refractivity (Wildman–Crippen MR) is 64.3 cm³/mol. The van der Waals surface area contributed by atoms with E-state index in [4.69, 9.17) is 10.2 Å². The second kappa shape index (κ2) is 4.89. The van der Waals surface area contributed by atoms with Crippen LogP contribution < -0.4 is 11.1 Å². The van der Waals surface area contributed by atoms with Crippen molar-refractivity contribution >= 4 is 5.91 Å². The van der Waals surface area contributed by atoms with E-state index >= 15 is 0 Å². The van der Waals surface area contributed by atoms with Gasteiger partial charge in [0.05, 0.1) is 18.3 Å². The monoisotopic (exact) mass is 237 g/mol. The van der Waals surface area contributed by atoms with Gasteiger partial charge in [0.1, 0.15) is 5.76 Å². The number of nitrogens with zero attached hydrogens (tertiary/aromatic N) is 1. The molecule has 0 bridgehead atoms. The second-order valence-electron chi connectivity index (χ2n) is 4.52. The molecular formula is C12H19N3O2. The molecule has 1 aliphatic rings. The molecule has 0 radical (unpaired) electrons. The van der Waals surface area contributed by atoms with Gasteiger partial charge >= 0.3 is 0 Å². The fourth-order valence-electron chi connectivity index (χ4n) is 2.36. The standard InChI is InChI=1S/C12H19N3O2/c1-8(13)11(10-4-3-7-17-10)15-6-5-14-12(16)9(15)2/h3-4,7-9,11H,5-6,13H2,1-2H3,(H,14,16). The molecular weight excluding hydrogens is 218 g/mol. The lowest BCUT2D eigenvalue weighted by atomic mass is 10.0. The zero-order valence-corrected chi connectivity index (χ0v) is 10.2. The summed E-state index contributed by atoms with van der Waals surface area (Å²) in [4.78, 5) is 13.8. The van der Waals surface area contributed by atoms with Crippen molar-refractivity contribution in [2.75, 3.05) is 13.1 Å². The van der Waals surface area contributed by atoms with E-state index in [1.807, 2.05) is 26.0 Å². The van der Waals surface area contributed by atoms with Crippen LogP contribution in [0.15, 0.2) is 22.8 Å². The van der Waals surface area contributed by atoms with Gasteiger partial charge in [-0.05, 0) is 26.0 Å². The van der Waals surface area contributed by atoms with E-state index in [9.17, 15) is 4.79 Å². The molecule has 1 saturated heterocycles. The Hall–Kier alpha value is -1.33. The molecule has 1 aromatic rings. The Labute approximate surface area is 101 Å². The Balaban J connectivity index is 2.24. The first kappa shape index (κ1) is 12.1. The zero-order valence-electron chi connectivity index (χ0n) is 10.2. The van der Waals surface area contributed by atoms with E-state index < -0.39 is 0 Å². The van der Waals surface area contributed by atoms with Crippen LogP contribution in [0.4, 0.5) is 0 Å². The molecule has 5 nitrogen and oxygen atoms in total. The number of amides is 1. The van der Waals surface area contributed by atoms with Gasteiger partial charge in [-0.15, -0.1) is 0 Å². The lowest BCUT2D eigenvalue weighted by Crippen LogP contribution is -2.57. The van der Waals surface area contributed by atoms with Crippen molar-refractivity contribution < 1.29 is 9.21 Å². The van der Waals surface area contributed by atoms with Gasteiger partial charge in [0.2, 0.25) is 5.91 Å². The van der Waals surface area contributed by atoms with Crippen LogP contribution in [0.3, 0.4) is 0 Å². The third kappa shape index (κ3) is 2.35. The maximum atomic E-state index is 11.7. The number of piperazine rings is 1. The number of nitrogens with one attached hydrogen (secondary N) is 1. The van der Waals surface area contributed by atoms with Crippen molar-refractivity contribution in [3.05, 3.63) is 24.2 Å². The highest BCUT2D eigenvalue weighted by molar-refractivity contribution is 5.82. The van der Waals surface area contributed by atoms with E-state index in [2.05, 4.69) is 10.2 Å². The molecule has 2 rings (SSSR count). The first-order valence-electron chi connectivity index (χ1n) is 5.93. The minimum atomic E-state index is -0.176. The van der Waals surface area contributed by atoms with Gasteiger partial charge in [-0.1, -0.05) is 0 Å². The lowest BCUT2D eigenvalue weighted by molar-refractivity contribution is -0.130. The van der Waals surface area contributed by atoms with Gasteiger partial charge in [0.15, 0.2) is 0 Å². The van der Waals surface area contributed by atoms with Crippen molar-refractivity contribution in [1.82, 2.24) is 10.2 Å². The maximum absolute atomic E-state index is 11.7. The van der Waals surface area contributed by atoms with E-state index in [-0.39, 0.29) is 24.0 Å². The van der Waals surface area contributed by atoms with Crippen LogP contribution in [0.2, 0.25) is 0 Å². The van der Waals surface area contributed by atoms with Crippen LogP contribution in [-0.2, 0) is 4.79 Å². The van der Waals surface area contributed by atoms with Crippen molar-refractivity contribution in [2.45, 2.75) is 32.0 Å². The summed E-state index contributed by atoms with van der Waals surface area (Å²) in [5.41, 5.74) is 6.03. The van der Waals surface area contributed by atoms with Crippen LogP contribution in [0.1, 0.15) is 25.6 Å². The molecule has 1 fully saturated rings. The summed E-state index contributed by atoms with van der Waals surface area (Å²) in [5.74, 6) is 0.870. The molecule has 5 heteroatoms. The van der Waals surface area contributed by atoms with Gasteiger partial charge in [0.25, 0.3) is 0 Å². The van der Waals surface area contributed by atoms with E-state index in [0.717, 1.165) is 12.3 Å². The predicted octanol–water partition coefficient (Wildman–Crippen LogP) is 0.488. The largest absolute Gasteiger partial charge is 0.468 e. The number of furan rings is 1. The Morgan fingerprint density at radius 1 is 1.65 bits per heavy atom. The van der Waals surface area contributed by atoms with E-state index in [1.54, 1.807) is 6.26 Å². The summed E-state index contributed by atoms with van der Waals surface area (Å²) in [6.45, 7) is 5.28. The van der Waals surface area contributed by atoms with Gasteiger partial charge < -0.3 is 15.5 Å².